The molecule has 9 heteroatoms. The van der Waals surface area contributed by atoms with Crippen molar-refractivity contribution in [2.75, 3.05) is 6.61 Å². The first-order chi connectivity index (χ1) is 10.9. The summed E-state index contributed by atoms with van der Waals surface area (Å²) in [7, 11) is 0. The van der Waals surface area contributed by atoms with Gasteiger partial charge in [-0.15, -0.1) is 0 Å². The summed E-state index contributed by atoms with van der Waals surface area (Å²) in [5.41, 5.74) is 1.27. The van der Waals surface area contributed by atoms with Crippen LogP contribution < -0.4 is 0 Å². The van der Waals surface area contributed by atoms with Gasteiger partial charge in [-0.25, -0.2) is 9.97 Å². The zero-order valence-corrected chi connectivity index (χ0v) is 13.1. The summed E-state index contributed by atoms with van der Waals surface area (Å²) < 4.78 is 7.23. The van der Waals surface area contributed by atoms with Crippen molar-refractivity contribution < 1.29 is 25.2 Å². The number of aryl methyl sites for hydroxylation is 1. The lowest BCUT2D eigenvalue weighted by Crippen LogP contribution is -2.39. The summed E-state index contributed by atoms with van der Waals surface area (Å²) >= 11 is 6.10. The summed E-state index contributed by atoms with van der Waals surface area (Å²) in [6.45, 7) is 1.33. The number of nitrogens with zero attached hydrogens (tertiary/aromatic N) is 3. The van der Waals surface area contributed by atoms with Crippen molar-refractivity contribution in [1.29, 1.82) is 0 Å². The highest BCUT2D eigenvalue weighted by atomic mass is 35.5. The largest absolute Gasteiger partial charge is 0.394 e. The van der Waals surface area contributed by atoms with Crippen LogP contribution in [-0.4, -0.2) is 66.0 Å². The van der Waals surface area contributed by atoms with Gasteiger partial charge in [0.05, 0.1) is 18.1 Å². The Morgan fingerprint density at radius 3 is 2.74 bits per heavy atom. The van der Waals surface area contributed by atoms with Gasteiger partial charge >= 0.3 is 0 Å². The van der Waals surface area contributed by atoms with Crippen molar-refractivity contribution in [1.82, 2.24) is 14.5 Å². The Kier molecular flexibility index (Phi) is 4.54. The lowest BCUT2D eigenvalue weighted by atomic mass is 10.0. The van der Waals surface area contributed by atoms with Crippen LogP contribution in [0.15, 0.2) is 12.5 Å². The third kappa shape index (κ3) is 2.82. The predicted octanol–water partition coefficient (Wildman–Crippen LogP) is -0.244. The van der Waals surface area contributed by atoms with Crippen LogP contribution in [0.3, 0.4) is 0 Å². The number of hydrogen-bond acceptors (Lipinski definition) is 7. The minimum Gasteiger partial charge on any atom is -0.394 e. The number of aliphatic hydroxyl groups is 4. The number of halogens is 1. The van der Waals surface area contributed by atoms with Crippen LogP contribution in [-0.2, 0) is 4.74 Å². The van der Waals surface area contributed by atoms with Crippen LogP contribution in [0.2, 0.25) is 5.15 Å². The Labute approximate surface area is 136 Å². The molecule has 3 heterocycles. The van der Waals surface area contributed by atoms with E-state index in [2.05, 4.69) is 9.97 Å². The average Bonchev–Trinajstić information content (AvgIpc) is 2.80. The zero-order valence-electron chi connectivity index (χ0n) is 12.4. The molecule has 2 aromatic heterocycles. The van der Waals surface area contributed by atoms with Gasteiger partial charge < -0.3 is 29.7 Å². The van der Waals surface area contributed by atoms with Crippen molar-refractivity contribution in [3.63, 3.8) is 0 Å². The van der Waals surface area contributed by atoms with Gasteiger partial charge in [0.25, 0.3) is 0 Å². The van der Waals surface area contributed by atoms with Crippen molar-refractivity contribution >= 4 is 22.6 Å². The van der Waals surface area contributed by atoms with Gasteiger partial charge in [0.1, 0.15) is 35.4 Å². The molecule has 8 nitrogen and oxygen atoms in total. The smallest absolute Gasteiger partial charge is 0.161 e. The quantitative estimate of drug-likeness (QED) is 0.555. The van der Waals surface area contributed by atoms with Crippen LogP contribution in [0.4, 0.5) is 0 Å². The van der Waals surface area contributed by atoms with E-state index in [1.165, 1.54) is 6.33 Å². The molecule has 2 aromatic rings. The standard InChI is InChI=1S/C14H18ClN3O5/c1-6-3-18(13-10(6)12(15)16-5-17-13)14-8(21)2-7(20)11(22)9(4-19)23-14/h3,5,7-9,11,14,19-22H,2,4H2,1H3/t7-,8-,9-,11+,14-/m1/s1. The molecular weight excluding hydrogens is 326 g/mol. The van der Waals surface area contributed by atoms with E-state index >= 15 is 0 Å². The Morgan fingerprint density at radius 1 is 1.30 bits per heavy atom. The number of fused-ring (bicyclic) bond motifs is 1. The lowest BCUT2D eigenvalue weighted by Gasteiger charge is -2.26. The Hall–Kier alpha value is -1.29. The summed E-state index contributed by atoms with van der Waals surface area (Å²) in [5.74, 6) is 0. The Bertz CT molecular complexity index is 709. The molecule has 0 aliphatic carbocycles. The number of rotatable bonds is 2. The first-order valence-corrected chi connectivity index (χ1v) is 7.60. The second kappa shape index (κ2) is 6.31. The van der Waals surface area contributed by atoms with E-state index in [1.807, 2.05) is 6.92 Å². The number of hydrogen-bond donors (Lipinski definition) is 4. The molecule has 0 radical (unpaired) electrons. The summed E-state index contributed by atoms with van der Waals surface area (Å²) in [6, 6.07) is 0. The van der Waals surface area contributed by atoms with E-state index < -0.39 is 37.3 Å². The number of aliphatic hydroxyl groups excluding tert-OH is 4. The van der Waals surface area contributed by atoms with E-state index in [0.29, 0.717) is 11.0 Å². The van der Waals surface area contributed by atoms with Gasteiger partial charge in [0.2, 0.25) is 0 Å². The fourth-order valence-corrected chi connectivity index (χ4v) is 3.20. The van der Waals surface area contributed by atoms with Crippen LogP contribution >= 0.6 is 11.6 Å². The van der Waals surface area contributed by atoms with Crippen molar-refractivity contribution in [3.05, 3.63) is 23.2 Å². The third-order valence-electron chi connectivity index (χ3n) is 4.11. The van der Waals surface area contributed by atoms with Crippen LogP contribution in [0.25, 0.3) is 11.0 Å². The number of ether oxygens (including phenoxy) is 1. The molecule has 5 atom stereocenters. The third-order valence-corrected chi connectivity index (χ3v) is 4.39. The van der Waals surface area contributed by atoms with Crippen molar-refractivity contribution in [2.24, 2.45) is 0 Å². The normalized spacial score (nSPS) is 32.2. The topological polar surface area (TPSA) is 121 Å². The zero-order chi connectivity index (χ0) is 16.7. The maximum atomic E-state index is 10.4. The first kappa shape index (κ1) is 16.6. The molecule has 4 N–H and O–H groups in total. The fourth-order valence-electron chi connectivity index (χ4n) is 2.92. The number of aromatic nitrogens is 3. The maximum absolute atomic E-state index is 10.4. The highest BCUT2D eigenvalue weighted by molar-refractivity contribution is 6.34. The minimum atomic E-state index is -1.29. The van der Waals surface area contributed by atoms with Crippen molar-refractivity contribution in [2.45, 2.75) is 44.0 Å². The molecule has 0 saturated carbocycles. The van der Waals surface area contributed by atoms with E-state index in [0.717, 1.165) is 5.56 Å². The molecule has 0 aromatic carbocycles. The van der Waals surface area contributed by atoms with Gasteiger partial charge in [0, 0.05) is 12.6 Å². The Balaban J connectivity index is 2.08. The lowest BCUT2D eigenvalue weighted by molar-refractivity contribution is -0.146. The molecule has 0 spiro atoms. The molecule has 23 heavy (non-hydrogen) atoms. The first-order valence-electron chi connectivity index (χ1n) is 7.22. The van der Waals surface area contributed by atoms with E-state index in [4.69, 9.17) is 16.3 Å². The molecule has 0 amide bonds. The second-order valence-electron chi connectivity index (χ2n) is 5.69. The molecule has 1 saturated heterocycles. The monoisotopic (exact) mass is 343 g/mol. The summed E-state index contributed by atoms with van der Waals surface area (Å²) in [5, 5.41) is 40.5. The molecule has 3 rings (SSSR count). The van der Waals surface area contributed by atoms with Gasteiger partial charge in [-0.2, -0.15) is 0 Å². The molecule has 1 fully saturated rings. The fraction of sp³-hybridized carbons (Fsp3) is 0.571. The minimum absolute atomic E-state index is 0.0974. The molecule has 1 aliphatic heterocycles. The summed E-state index contributed by atoms with van der Waals surface area (Å²) in [6.07, 6.45) is -2.63. The average molecular weight is 344 g/mol. The van der Waals surface area contributed by atoms with Gasteiger partial charge in [0.15, 0.2) is 6.23 Å². The SMILES string of the molecule is Cc1cn([C@@H]2O[C@H](CO)[C@@H](O)[C@H](O)C[C@H]2O)c2ncnc(Cl)c12. The molecule has 1 aliphatic rings. The maximum Gasteiger partial charge on any atom is 0.161 e. The molecule has 0 unspecified atom stereocenters. The second-order valence-corrected chi connectivity index (χ2v) is 6.05. The Morgan fingerprint density at radius 2 is 2.04 bits per heavy atom. The van der Waals surface area contributed by atoms with Crippen LogP contribution in [0, 0.1) is 6.92 Å². The molecule has 0 bridgehead atoms. The van der Waals surface area contributed by atoms with Gasteiger partial charge in [-0.3, -0.25) is 0 Å². The highest BCUT2D eigenvalue weighted by Gasteiger charge is 2.39. The van der Waals surface area contributed by atoms with Crippen molar-refractivity contribution in [3.8, 4) is 0 Å². The predicted molar refractivity (Wildman–Crippen MR) is 80.9 cm³/mol. The molecular formula is C14H18ClN3O5. The van der Waals surface area contributed by atoms with E-state index in [1.54, 1.807) is 10.8 Å². The van der Waals surface area contributed by atoms with Crippen LogP contribution in [0.5, 0.6) is 0 Å². The van der Waals surface area contributed by atoms with Gasteiger partial charge in [-0.05, 0) is 12.5 Å². The molecule has 126 valence electrons. The van der Waals surface area contributed by atoms with Crippen LogP contribution in [0.1, 0.15) is 18.2 Å². The highest BCUT2D eigenvalue weighted by Crippen LogP contribution is 2.33. The summed E-state index contributed by atoms with van der Waals surface area (Å²) in [4.78, 5) is 8.12. The van der Waals surface area contributed by atoms with E-state index in [9.17, 15) is 20.4 Å². The van der Waals surface area contributed by atoms with Gasteiger partial charge in [-0.1, -0.05) is 11.6 Å². The van der Waals surface area contributed by atoms with E-state index in [-0.39, 0.29) is 11.6 Å².